The minimum atomic E-state index is -1.01. The van der Waals surface area contributed by atoms with Gasteiger partial charge in [-0.1, -0.05) is 17.7 Å². The fourth-order valence-electron chi connectivity index (χ4n) is 5.87. The average Bonchev–Trinajstić information content (AvgIpc) is 3.41. The third kappa shape index (κ3) is 2.88. The predicted octanol–water partition coefficient (Wildman–Crippen LogP) is 2.64. The Labute approximate surface area is 197 Å². The van der Waals surface area contributed by atoms with Crippen LogP contribution in [-0.2, 0) is 17.7 Å². The lowest BCUT2D eigenvalue weighted by Gasteiger charge is -2.47. The maximum absolute atomic E-state index is 14.2. The summed E-state index contributed by atoms with van der Waals surface area (Å²) in [7, 11) is 0. The molecule has 4 unspecified atom stereocenters. The van der Waals surface area contributed by atoms with E-state index in [1.165, 1.54) is 0 Å². The highest BCUT2D eigenvalue weighted by molar-refractivity contribution is 6.30. The number of amides is 2. The molecule has 2 N–H and O–H groups in total. The molecule has 178 valence electrons. The molecule has 0 radical (unpaired) electrons. The van der Waals surface area contributed by atoms with Crippen LogP contribution in [-0.4, -0.2) is 44.8 Å². The molecule has 2 fully saturated rings. The first-order chi connectivity index (χ1) is 16.3. The highest BCUT2D eigenvalue weighted by Gasteiger charge is 2.53. The van der Waals surface area contributed by atoms with Gasteiger partial charge in [-0.15, -0.1) is 0 Å². The monoisotopic (exact) mass is 491 g/mol. The SMILES string of the molecule is O=C(NCc1ccc(F)c(Cl)c1F)c1c2n3c(c(O)c1=O)C(=O)N1C4CCC(C4)OC1C3CC2. The first kappa shape index (κ1) is 21.5. The van der Waals surface area contributed by atoms with Crippen molar-refractivity contribution in [2.75, 3.05) is 0 Å². The summed E-state index contributed by atoms with van der Waals surface area (Å²) in [6.45, 7) is -0.350. The van der Waals surface area contributed by atoms with Gasteiger partial charge < -0.3 is 24.6 Å². The van der Waals surface area contributed by atoms with E-state index >= 15 is 0 Å². The third-order valence-electron chi connectivity index (χ3n) is 7.40. The minimum absolute atomic E-state index is 0.00366. The number of nitrogens with one attached hydrogen (secondary N) is 1. The Hall–Kier alpha value is -2.98. The van der Waals surface area contributed by atoms with E-state index in [4.69, 9.17) is 16.3 Å². The van der Waals surface area contributed by atoms with Crippen LogP contribution in [0.4, 0.5) is 8.78 Å². The van der Waals surface area contributed by atoms with Crippen molar-refractivity contribution in [2.24, 2.45) is 0 Å². The van der Waals surface area contributed by atoms with Crippen LogP contribution in [0, 0.1) is 11.6 Å². The van der Waals surface area contributed by atoms with E-state index in [-0.39, 0.29) is 41.6 Å². The van der Waals surface area contributed by atoms with E-state index in [0.717, 1.165) is 31.4 Å². The molecule has 4 heterocycles. The third-order valence-corrected chi connectivity index (χ3v) is 7.75. The zero-order valence-electron chi connectivity index (χ0n) is 17.8. The Morgan fingerprint density at radius 2 is 2.03 bits per heavy atom. The quantitative estimate of drug-likeness (QED) is 0.643. The number of halogens is 3. The maximum atomic E-state index is 14.2. The van der Waals surface area contributed by atoms with Crippen molar-refractivity contribution in [2.45, 2.75) is 63.1 Å². The van der Waals surface area contributed by atoms with Crippen LogP contribution in [0.2, 0.25) is 5.02 Å². The number of carbonyl (C=O) groups excluding carboxylic acids is 2. The van der Waals surface area contributed by atoms with Gasteiger partial charge in [-0.25, -0.2) is 8.78 Å². The second-order valence-electron chi connectivity index (χ2n) is 9.17. The van der Waals surface area contributed by atoms with Crippen molar-refractivity contribution < 1.29 is 28.2 Å². The van der Waals surface area contributed by atoms with Gasteiger partial charge in [0.25, 0.3) is 11.8 Å². The Balaban J connectivity index is 1.38. The molecule has 4 aliphatic rings. The molecule has 0 spiro atoms. The smallest absolute Gasteiger partial charge is 0.276 e. The molecule has 2 aromatic rings. The topological polar surface area (TPSA) is 101 Å². The zero-order chi connectivity index (χ0) is 23.9. The number of hydrogen-bond donors (Lipinski definition) is 2. The summed E-state index contributed by atoms with van der Waals surface area (Å²) in [5.74, 6) is -4.01. The second-order valence-corrected chi connectivity index (χ2v) is 9.55. The highest BCUT2D eigenvalue weighted by atomic mass is 35.5. The van der Waals surface area contributed by atoms with Crippen LogP contribution in [0.3, 0.4) is 0 Å². The van der Waals surface area contributed by atoms with E-state index in [1.54, 1.807) is 9.47 Å². The van der Waals surface area contributed by atoms with E-state index in [0.29, 0.717) is 18.5 Å². The van der Waals surface area contributed by atoms with Crippen LogP contribution in [0.5, 0.6) is 5.75 Å². The lowest BCUT2D eigenvalue weighted by atomic mass is 10.0. The molecule has 1 saturated heterocycles. The minimum Gasteiger partial charge on any atom is -0.503 e. The number of aromatic nitrogens is 1. The molecule has 1 aromatic carbocycles. The number of carbonyl (C=O) groups is 2. The Bertz CT molecular complexity index is 1330. The second kappa shape index (κ2) is 7.51. The van der Waals surface area contributed by atoms with Crippen LogP contribution >= 0.6 is 11.6 Å². The van der Waals surface area contributed by atoms with Gasteiger partial charge in [0.2, 0.25) is 5.43 Å². The van der Waals surface area contributed by atoms with Crippen molar-refractivity contribution in [1.82, 2.24) is 14.8 Å². The van der Waals surface area contributed by atoms with Gasteiger partial charge in [-0.3, -0.25) is 14.4 Å². The Morgan fingerprint density at radius 1 is 1.24 bits per heavy atom. The number of pyridine rings is 1. The zero-order valence-corrected chi connectivity index (χ0v) is 18.6. The average molecular weight is 492 g/mol. The molecule has 11 heteroatoms. The van der Waals surface area contributed by atoms with Gasteiger partial charge in [-0.2, -0.15) is 0 Å². The summed E-state index contributed by atoms with van der Waals surface area (Å²) in [4.78, 5) is 41.1. The highest BCUT2D eigenvalue weighted by Crippen LogP contribution is 2.47. The number of rotatable bonds is 3. The molecular formula is C23H20ClF2N3O5. The summed E-state index contributed by atoms with van der Waals surface area (Å²) in [5.41, 5.74) is -1.08. The molecule has 8 nitrogen and oxygen atoms in total. The lowest BCUT2D eigenvalue weighted by molar-refractivity contribution is -0.147. The van der Waals surface area contributed by atoms with Gasteiger partial charge in [0.15, 0.2) is 17.7 Å². The summed E-state index contributed by atoms with van der Waals surface area (Å²) in [5, 5.41) is 12.5. The summed E-state index contributed by atoms with van der Waals surface area (Å²) in [6.07, 6.45) is 2.81. The Kier molecular flexibility index (Phi) is 4.76. The lowest BCUT2D eigenvalue weighted by Crippen LogP contribution is -2.58. The molecular weight excluding hydrogens is 472 g/mol. The number of hydrogen-bond acceptors (Lipinski definition) is 5. The fraction of sp³-hybridized carbons (Fsp3) is 0.435. The van der Waals surface area contributed by atoms with Crippen LogP contribution in [0.25, 0.3) is 0 Å². The predicted molar refractivity (Wildman–Crippen MR) is 115 cm³/mol. The van der Waals surface area contributed by atoms with Gasteiger partial charge in [0, 0.05) is 23.8 Å². The summed E-state index contributed by atoms with van der Waals surface area (Å²) < 4.78 is 35.4. The normalized spacial score (nSPS) is 26.4. The van der Waals surface area contributed by atoms with Crippen molar-refractivity contribution >= 4 is 23.4 Å². The van der Waals surface area contributed by atoms with Crippen molar-refractivity contribution in [3.05, 3.63) is 61.5 Å². The summed E-state index contributed by atoms with van der Waals surface area (Å²) >= 11 is 5.59. The maximum Gasteiger partial charge on any atom is 0.276 e. The Morgan fingerprint density at radius 3 is 2.82 bits per heavy atom. The largest absolute Gasteiger partial charge is 0.503 e. The molecule has 34 heavy (non-hydrogen) atoms. The summed E-state index contributed by atoms with van der Waals surface area (Å²) in [6, 6.07) is 1.80. The first-order valence-electron chi connectivity index (χ1n) is 11.2. The number of fused-ring (bicyclic) bond motifs is 5. The molecule has 2 amide bonds. The van der Waals surface area contributed by atoms with Gasteiger partial charge in [0.05, 0.1) is 12.1 Å². The van der Waals surface area contributed by atoms with E-state index in [1.807, 2.05) is 0 Å². The molecule has 6 rings (SSSR count). The van der Waals surface area contributed by atoms with E-state index < -0.39 is 45.9 Å². The van der Waals surface area contributed by atoms with Gasteiger partial charge in [0.1, 0.15) is 22.2 Å². The molecule has 1 aromatic heterocycles. The van der Waals surface area contributed by atoms with Crippen LogP contribution in [0.15, 0.2) is 16.9 Å². The van der Waals surface area contributed by atoms with Crippen molar-refractivity contribution in [3.63, 3.8) is 0 Å². The molecule has 1 saturated carbocycles. The molecule has 3 aliphatic heterocycles. The van der Waals surface area contributed by atoms with E-state index in [9.17, 15) is 28.3 Å². The molecule has 4 atom stereocenters. The first-order valence-corrected chi connectivity index (χ1v) is 11.5. The van der Waals surface area contributed by atoms with Crippen LogP contribution in [0.1, 0.15) is 63.8 Å². The van der Waals surface area contributed by atoms with Crippen molar-refractivity contribution in [1.29, 1.82) is 0 Å². The number of aromatic hydroxyl groups is 1. The van der Waals surface area contributed by atoms with Crippen molar-refractivity contribution in [3.8, 4) is 5.75 Å². The van der Waals surface area contributed by atoms with Crippen LogP contribution < -0.4 is 10.7 Å². The number of ether oxygens (including phenoxy) is 1. The van der Waals surface area contributed by atoms with E-state index in [2.05, 4.69) is 5.32 Å². The molecule has 2 bridgehead atoms. The standard InChI is InChI=1S/C23H20ClF2N3O5/c24-16-12(25)4-1-9(17(16)26)8-27-21(32)15-13-5-6-14-23-28(10-2-3-11(7-10)34-23)22(33)18(29(13)14)20(31)19(15)30/h1,4,10-11,14,23,31H,2-3,5-8H2,(H,27,32). The van der Waals surface area contributed by atoms with Gasteiger partial charge >= 0.3 is 0 Å². The van der Waals surface area contributed by atoms with Gasteiger partial charge in [-0.05, 0) is 38.2 Å². The number of benzene rings is 1. The molecule has 1 aliphatic carbocycles. The fourth-order valence-corrected chi connectivity index (χ4v) is 6.05. The number of nitrogens with zero attached hydrogens (tertiary/aromatic N) is 2.